The zero-order chi connectivity index (χ0) is 25.9. The van der Waals surface area contributed by atoms with Crippen molar-refractivity contribution < 1.29 is 14.2 Å². The Morgan fingerprint density at radius 3 is 2.65 bits per heavy atom. The maximum Gasteiger partial charge on any atom is 0.128 e. The molecule has 0 aliphatic carbocycles. The molecule has 1 atom stereocenters. The van der Waals surface area contributed by atoms with Crippen molar-refractivity contribution in [1.29, 1.82) is 0 Å². The second-order valence-corrected chi connectivity index (χ2v) is 11.1. The monoisotopic (exact) mass is 520 g/mol. The van der Waals surface area contributed by atoms with Crippen molar-refractivity contribution >= 4 is 32.8 Å². The maximum atomic E-state index is 15.5. The summed E-state index contributed by atoms with van der Waals surface area (Å²) in [5.41, 5.74) is 5.00. The van der Waals surface area contributed by atoms with Crippen molar-refractivity contribution in [3.63, 3.8) is 0 Å². The molecule has 1 saturated heterocycles. The topological polar surface area (TPSA) is 90.9 Å². The summed E-state index contributed by atoms with van der Waals surface area (Å²) in [6.07, 6.45) is 3.43. The highest BCUT2D eigenvalue weighted by Crippen LogP contribution is 2.45. The molecule has 1 fully saturated rings. The molecule has 37 heavy (non-hydrogen) atoms. The molecule has 0 amide bonds. The third-order valence-corrected chi connectivity index (χ3v) is 8.16. The van der Waals surface area contributed by atoms with Gasteiger partial charge in [-0.05, 0) is 63.2 Å². The van der Waals surface area contributed by atoms with Crippen molar-refractivity contribution in [3.8, 4) is 11.3 Å². The van der Waals surface area contributed by atoms with E-state index in [0.717, 1.165) is 51.0 Å². The molecule has 1 unspecified atom stereocenters. The minimum Gasteiger partial charge on any atom is -0.384 e. The predicted octanol–water partition coefficient (Wildman–Crippen LogP) is 5.13. The first-order chi connectivity index (χ1) is 17.8. The standard InChI is InChI=1S/C27H29FN6O2S/c1-15-22(33(4)32-30-15)17-13-20-21(29-14-17)25-24(26(31-37-25)27(2,3)35)34(20)23(16-9-11-36-12-10-16)18-7-5-6-8-19(18)28/h5-8,13-14,16,23,35H,9-12H2,1-4H3. The Hall–Kier alpha value is -3.21. The lowest BCUT2D eigenvalue weighted by molar-refractivity contribution is 0.0543. The van der Waals surface area contributed by atoms with Gasteiger partial charge in [0, 0.05) is 37.6 Å². The second-order valence-electron chi connectivity index (χ2n) is 10.3. The van der Waals surface area contributed by atoms with E-state index < -0.39 is 5.60 Å². The van der Waals surface area contributed by atoms with E-state index >= 15 is 4.39 Å². The Labute approximate surface area is 217 Å². The summed E-state index contributed by atoms with van der Waals surface area (Å²) in [5, 5.41) is 19.5. The molecule has 0 bridgehead atoms. The van der Waals surface area contributed by atoms with Crippen LogP contribution in [0, 0.1) is 18.7 Å². The van der Waals surface area contributed by atoms with E-state index in [1.54, 1.807) is 24.6 Å². The fourth-order valence-corrected chi connectivity index (χ4v) is 6.64. The van der Waals surface area contributed by atoms with Gasteiger partial charge in [0.05, 0.1) is 33.2 Å². The highest BCUT2D eigenvalue weighted by atomic mass is 32.1. The number of hydrogen-bond donors (Lipinski definition) is 1. The van der Waals surface area contributed by atoms with Crippen LogP contribution >= 0.6 is 11.5 Å². The van der Waals surface area contributed by atoms with Crippen LogP contribution in [0.15, 0.2) is 36.5 Å². The number of ether oxygens (including phenoxy) is 1. The largest absolute Gasteiger partial charge is 0.384 e. The molecule has 192 valence electrons. The molecule has 1 aromatic carbocycles. The summed E-state index contributed by atoms with van der Waals surface area (Å²) in [6.45, 7) is 6.65. The lowest BCUT2D eigenvalue weighted by Gasteiger charge is -2.33. The van der Waals surface area contributed by atoms with Crippen LogP contribution in [0.4, 0.5) is 4.39 Å². The van der Waals surface area contributed by atoms with Gasteiger partial charge in [0.25, 0.3) is 0 Å². The van der Waals surface area contributed by atoms with Gasteiger partial charge in [-0.3, -0.25) is 4.98 Å². The van der Waals surface area contributed by atoms with Crippen molar-refractivity contribution in [3.05, 3.63) is 59.3 Å². The number of fused-ring (bicyclic) bond motifs is 3. The maximum absolute atomic E-state index is 15.5. The van der Waals surface area contributed by atoms with Gasteiger partial charge in [0.2, 0.25) is 0 Å². The molecule has 1 aliphatic heterocycles. The van der Waals surface area contributed by atoms with Crippen molar-refractivity contribution in [2.75, 3.05) is 13.2 Å². The molecule has 0 saturated carbocycles. The number of pyridine rings is 1. The SMILES string of the molecule is Cc1nnn(C)c1-c1cnc2c3snc(C(C)(C)O)c3n(C(c3ccccc3F)C3CCOCC3)c2c1. The minimum atomic E-state index is -1.19. The smallest absolute Gasteiger partial charge is 0.128 e. The number of aliphatic hydroxyl groups is 1. The molecule has 6 rings (SSSR count). The third-order valence-electron chi connectivity index (χ3n) is 7.31. The quantitative estimate of drug-likeness (QED) is 0.345. The Balaban J connectivity index is 1.72. The number of hydrogen-bond acceptors (Lipinski definition) is 7. The molecule has 1 aliphatic rings. The molecule has 4 aromatic heterocycles. The van der Waals surface area contributed by atoms with E-state index in [1.165, 1.54) is 17.6 Å². The summed E-state index contributed by atoms with van der Waals surface area (Å²) in [5.74, 6) is -0.124. The van der Waals surface area contributed by atoms with Crippen LogP contribution < -0.4 is 0 Å². The average molecular weight is 521 g/mol. The van der Waals surface area contributed by atoms with Crippen molar-refractivity contribution in [2.24, 2.45) is 13.0 Å². The zero-order valence-corrected chi connectivity index (χ0v) is 22.1. The molecule has 5 aromatic rings. The lowest BCUT2D eigenvalue weighted by Crippen LogP contribution is -2.28. The summed E-state index contributed by atoms with van der Waals surface area (Å²) in [4.78, 5) is 4.89. The van der Waals surface area contributed by atoms with Crippen LogP contribution in [0.5, 0.6) is 0 Å². The fraction of sp³-hybridized carbons (Fsp3) is 0.407. The van der Waals surface area contributed by atoms with E-state index in [-0.39, 0.29) is 17.8 Å². The Morgan fingerprint density at radius 2 is 1.97 bits per heavy atom. The summed E-state index contributed by atoms with van der Waals surface area (Å²) in [6, 6.07) is 8.73. The number of benzene rings is 1. The molecular formula is C27H29FN6O2S. The molecule has 0 spiro atoms. The minimum absolute atomic E-state index is 0.128. The van der Waals surface area contributed by atoms with Gasteiger partial charge in [-0.25, -0.2) is 9.07 Å². The second kappa shape index (κ2) is 8.97. The highest BCUT2D eigenvalue weighted by molar-refractivity contribution is 7.14. The van der Waals surface area contributed by atoms with Gasteiger partial charge in [0.1, 0.15) is 22.6 Å². The number of nitrogens with zero attached hydrogens (tertiary/aromatic N) is 6. The molecule has 10 heteroatoms. The molecular weight excluding hydrogens is 491 g/mol. The Kier molecular flexibility index (Phi) is 5.85. The Bertz CT molecular complexity index is 1590. The van der Waals surface area contributed by atoms with Gasteiger partial charge in [0.15, 0.2) is 0 Å². The van der Waals surface area contributed by atoms with Gasteiger partial charge in [-0.15, -0.1) is 5.10 Å². The normalized spacial score (nSPS) is 16.2. The average Bonchev–Trinajstić information content (AvgIpc) is 3.54. The van der Waals surface area contributed by atoms with Gasteiger partial charge in [-0.2, -0.15) is 4.37 Å². The summed E-state index contributed by atoms with van der Waals surface area (Å²) >= 11 is 1.32. The summed E-state index contributed by atoms with van der Waals surface area (Å²) in [7, 11) is 1.86. The van der Waals surface area contributed by atoms with E-state index in [0.29, 0.717) is 24.5 Å². The predicted molar refractivity (Wildman–Crippen MR) is 141 cm³/mol. The number of aromatic nitrogens is 6. The highest BCUT2D eigenvalue weighted by Gasteiger charge is 2.35. The first kappa shape index (κ1) is 24.1. The van der Waals surface area contributed by atoms with E-state index in [9.17, 15) is 5.11 Å². The fourth-order valence-electron chi connectivity index (χ4n) is 5.62. The number of halogens is 1. The number of rotatable bonds is 5. The molecule has 5 heterocycles. The lowest BCUT2D eigenvalue weighted by atomic mass is 9.86. The van der Waals surface area contributed by atoms with E-state index in [1.807, 2.05) is 32.3 Å². The van der Waals surface area contributed by atoms with Crippen LogP contribution in [-0.2, 0) is 17.4 Å². The summed E-state index contributed by atoms with van der Waals surface area (Å²) < 4.78 is 30.7. The van der Waals surface area contributed by atoms with E-state index in [2.05, 4.69) is 25.3 Å². The van der Waals surface area contributed by atoms with Crippen LogP contribution in [-0.4, -0.2) is 47.2 Å². The first-order valence-electron chi connectivity index (χ1n) is 12.5. The molecule has 0 radical (unpaired) electrons. The molecule has 1 N–H and O–H groups in total. The first-order valence-corrected chi connectivity index (χ1v) is 13.2. The number of aryl methyl sites for hydroxylation is 2. The van der Waals surface area contributed by atoms with Gasteiger partial charge >= 0.3 is 0 Å². The van der Waals surface area contributed by atoms with Crippen LogP contribution in [0.3, 0.4) is 0 Å². The van der Waals surface area contributed by atoms with Gasteiger partial charge < -0.3 is 14.4 Å². The van der Waals surface area contributed by atoms with Crippen LogP contribution in [0.2, 0.25) is 0 Å². The molecule has 8 nitrogen and oxygen atoms in total. The van der Waals surface area contributed by atoms with Crippen LogP contribution in [0.25, 0.3) is 32.5 Å². The third kappa shape index (κ3) is 3.94. The van der Waals surface area contributed by atoms with Gasteiger partial charge in [-0.1, -0.05) is 23.4 Å². The van der Waals surface area contributed by atoms with E-state index in [4.69, 9.17) is 9.72 Å². The van der Waals surface area contributed by atoms with Crippen LogP contribution in [0.1, 0.15) is 49.7 Å². The van der Waals surface area contributed by atoms with Crippen molar-refractivity contribution in [2.45, 2.75) is 45.3 Å². The van der Waals surface area contributed by atoms with Crippen molar-refractivity contribution in [1.82, 2.24) is 28.9 Å². The Morgan fingerprint density at radius 1 is 1.22 bits per heavy atom. The zero-order valence-electron chi connectivity index (χ0n) is 21.3.